The van der Waals surface area contributed by atoms with Crippen molar-refractivity contribution in [2.75, 3.05) is 6.54 Å². The molecule has 122 valence electrons. The third-order valence-electron chi connectivity index (χ3n) is 4.52. The molecule has 0 radical (unpaired) electrons. The maximum absolute atomic E-state index is 3.61. The van der Waals surface area contributed by atoms with Crippen molar-refractivity contribution in [2.45, 2.75) is 92.2 Å². The highest BCUT2D eigenvalue weighted by Gasteiger charge is 2.06. The van der Waals surface area contributed by atoms with E-state index in [1.165, 1.54) is 68.3 Å². The molecule has 0 aromatic carbocycles. The number of hydrogen-bond acceptors (Lipinski definition) is 1. The summed E-state index contributed by atoms with van der Waals surface area (Å²) in [5.41, 5.74) is 4.28. The van der Waals surface area contributed by atoms with Gasteiger partial charge in [-0.25, -0.2) is 0 Å². The summed E-state index contributed by atoms with van der Waals surface area (Å²) in [6, 6.07) is 2.33. The van der Waals surface area contributed by atoms with E-state index in [9.17, 15) is 0 Å². The first kappa shape index (κ1) is 18.3. The first-order chi connectivity index (χ1) is 10.2. The normalized spacial score (nSPS) is 11.2. The molecule has 0 atom stereocenters. The average molecular weight is 293 g/mol. The molecular weight excluding hydrogens is 256 g/mol. The van der Waals surface area contributed by atoms with Crippen LogP contribution >= 0.6 is 0 Å². The lowest BCUT2D eigenvalue weighted by atomic mass is 10.1. The predicted molar refractivity (Wildman–Crippen MR) is 93.9 cm³/mol. The Bertz CT molecular complexity index is 379. The number of nitrogens with zero attached hydrogens (tertiary/aromatic N) is 1. The first-order valence-corrected chi connectivity index (χ1v) is 9.07. The molecule has 0 saturated carbocycles. The molecular formula is C19H36N2. The SMILES string of the molecule is CCCCCCCCCCNCc1cc(C)n(CC)c1C. The zero-order chi connectivity index (χ0) is 15.5. The minimum atomic E-state index is 1.02. The van der Waals surface area contributed by atoms with Gasteiger partial charge >= 0.3 is 0 Å². The van der Waals surface area contributed by atoms with Crippen molar-refractivity contribution in [3.63, 3.8) is 0 Å². The fourth-order valence-corrected chi connectivity index (χ4v) is 3.14. The molecule has 1 aromatic heterocycles. The fraction of sp³-hybridized carbons (Fsp3) is 0.789. The number of aryl methyl sites for hydroxylation is 1. The second kappa shape index (κ2) is 10.9. The Morgan fingerprint density at radius 1 is 0.905 bits per heavy atom. The molecule has 2 heteroatoms. The second-order valence-corrected chi connectivity index (χ2v) is 6.29. The number of rotatable bonds is 12. The summed E-state index contributed by atoms with van der Waals surface area (Å²) in [4.78, 5) is 0. The van der Waals surface area contributed by atoms with E-state index >= 15 is 0 Å². The van der Waals surface area contributed by atoms with Gasteiger partial charge in [-0.2, -0.15) is 0 Å². The molecule has 0 aliphatic carbocycles. The van der Waals surface area contributed by atoms with Crippen LogP contribution in [-0.2, 0) is 13.1 Å². The standard InChI is InChI=1S/C19H36N2/c1-5-7-8-9-10-11-12-13-14-20-16-19-15-17(3)21(6-2)18(19)4/h15,20H,5-14,16H2,1-4H3. The Kier molecular flexibility index (Phi) is 9.49. The molecule has 1 rings (SSSR count). The van der Waals surface area contributed by atoms with E-state index in [1.807, 2.05) is 0 Å². The van der Waals surface area contributed by atoms with Gasteiger partial charge in [-0.05, 0) is 45.4 Å². The summed E-state index contributed by atoms with van der Waals surface area (Å²) < 4.78 is 2.40. The Balaban J connectivity index is 2.04. The fourth-order valence-electron chi connectivity index (χ4n) is 3.14. The maximum atomic E-state index is 3.61. The van der Waals surface area contributed by atoms with Gasteiger partial charge in [0.1, 0.15) is 0 Å². The molecule has 0 saturated heterocycles. The molecule has 1 N–H and O–H groups in total. The van der Waals surface area contributed by atoms with Gasteiger partial charge in [-0.1, -0.05) is 51.9 Å². The molecule has 0 fully saturated rings. The number of aromatic nitrogens is 1. The van der Waals surface area contributed by atoms with Crippen molar-refractivity contribution in [1.82, 2.24) is 9.88 Å². The van der Waals surface area contributed by atoms with E-state index in [0.29, 0.717) is 0 Å². The van der Waals surface area contributed by atoms with Gasteiger partial charge in [0, 0.05) is 24.5 Å². The monoisotopic (exact) mass is 292 g/mol. The van der Waals surface area contributed by atoms with Gasteiger partial charge in [-0.3, -0.25) is 0 Å². The van der Waals surface area contributed by atoms with Crippen LogP contribution in [0, 0.1) is 13.8 Å². The largest absolute Gasteiger partial charge is 0.349 e. The van der Waals surface area contributed by atoms with E-state index in [2.05, 4.69) is 43.6 Å². The molecule has 1 heterocycles. The predicted octanol–water partition coefficient (Wildman–Crippen LogP) is 5.36. The van der Waals surface area contributed by atoms with Crippen LogP contribution in [0.4, 0.5) is 0 Å². The number of unbranched alkanes of at least 4 members (excludes halogenated alkanes) is 7. The molecule has 21 heavy (non-hydrogen) atoms. The van der Waals surface area contributed by atoms with E-state index in [-0.39, 0.29) is 0 Å². The van der Waals surface area contributed by atoms with Crippen LogP contribution in [0.25, 0.3) is 0 Å². The number of nitrogens with one attached hydrogen (secondary N) is 1. The lowest BCUT2D eigenvalue weighted by Gasteiger charge is -2.07. The summed E-state index contributed by atoms with van der Waals surface area (Å²) in [6.07, 6.45) is 11.2. The zero-order valence-corrected chi connectivity index (χ0v) is 14.8. The van der Waals surface area contributed by atoms with Gasteiger partial charge in [-0.15, -0.1) is 0 Å². The minimum Gasteiger partial charge on any atom is -0.349 e. The summed E-state index contributed by atoms with van der Waals surface area (Å²) in [5, 5.41) is 3.61. The van der Waals surface area contributed by atoms with Gasteiger partial charge in [0.25, 0.3) is 0 Å². The van der Waals surface area contributed by atoms with Crippen LogP contribution in [0.3, 0.4) is 0 Å². The van der Waals surface area contributed by atoms with Gasteiger partial charge in [0.2, 0.25) is 0 Å². The highest BCUT2D eigenvalue weighted by Crippen LogP contribution is 2.14. The molecule has 0 bridgehead atoms. The minimum absolute atomic E-state index is 1.02. The van der Waals surface area contributed by atoms with Crippen molar-refractivity contribution in [2.24, 2.45) is 0 Å². The van der Waals surface area contributed by atoms with Gasteiger partial charge in [0.15, 0.2) is 0 Å². The second-order valence-electron chi connectivity index (χ2n) is 6.29. The van der Waals surface area contributed by atoms with Crippen LogP contribution in [-0.4, -0.2) is 11.1 Å². The van der Waals surface area contributed by atoms with Crippen LogP contribution in [0.1, 0.15) is 82.2 Å². The molecule has 0 aliphatic heterocycles. The van der Waals surface area contributed by atoms with Crippen LogP contribution in [0.2, 0.25) is 0 Å². The average Bonchev–Trinajstić information content (AvgIpc) is 2.75. The molecule has 0 spiro atoms. The molecule has 0 unspecified atom stereocenters. The smallest absolute Gasteiger partial charge is 0.0223 e. The zero-order valence-electron chi connectivity index (χ0n) is 14.8. The molecule has 0 amide bonds. The quantitative estimate of drug-likeness (QED) is 0.513. The Morgan fingerprint density at radius 3 is 2.10 bits per heavy atom. The third-order valence-corrected chi connectivity index (χ3v) is 4.52. The highest BCUT2D eigenvalue weighted by molar-refractivity contribution is 5.26. The highest BCUT2D eigenvalue weighted by atomic mass is 15.0. The number of hydrogen-bond donors (Lipinski definition) is 1. The van der Waals surface area contributed by atoms with Crippen molar-refractivity contribution < 1.29 is 0 Å². The van der Waals surface area contributed by atoms with Gasteiger partial charge < -0.3 is 9.88 Å². The van der Waals surface area contributed by atoms with Crippen LogP contribution in [0.5, 0.6) is 0 Å². The van der Waals surface area contributed by atoms with Crippen LogP contribution < -0.4 is 5.32 Å². The van der Waals surface area contributed by atoms with E-state index < -0.39 is 0 Å². The third kappa shape index (κ3) is 6.69. The molecule has 0 aliphatic rings. The summed E-state index contributed by atoms with van der Waals surface area (Å²) in [6.45, 7) is 12.2. The van der Waals surface area contributed by atoms with Crippen molar-refractivity contribution in [1.29, 1.82) is 0 Å². The van der Waals surface area contributed by atoms with Crippen LogP contribution in [0.15, 0.2) is 6.07 Å². The van der Waals surface area contributed by atoms with Crippen molar-refractivity contribution >= 4 is 0 Å². The lowest BCUT2D eigenvalue weighted by Crippen LogP contribution is -2.15. The van der Waals surface area contributed by atoms with E-state index in [4.69, 9.17) is 0 Å². The summed E-state index contributed by atoms with van der Waals surface area (Å²) in [5.74, 6) is 0. The Hall–Kier alpha value is -0.760. The molecule has 2 nitrogen and oxygen atoms in total. The topological polar surface area (TPSA) is 17.0 Å². The van der Waals surface area contributed by atoms with E-state index in [1.54, 1.807) is 0 Å². The summed E-state index contributed by atoms with van der Waals surface area (Å²) >= 11 is 0. The Morgan fingerprint density at radius 2 is 1.52 bits per heavy atom. The first-order valence-electron chi connectivity index (χ1n) is 9.07. The summed E-state index contributed by atoms with van der Waals surface area (Å²) in [7, 11) is 0. The van der Waals surface area contributed by atoms with Crippen molar-refractivity contribution in [3.05, 3.63) is 23.0 Å². The van der Waals surface area contributed by atoms with Crippen molar-refractivity contribution in [3.8, 4) is 0 Å². The Labute approximate surface area is 132 Å². The molecule has 1 aromatic rings. The van der Waals surface area contributed by atoms with Gasteiger partial charge in [0.05, 0.1) is 0 Å². The maximum Gasteiger partial charge on any atom is 0.0223 e. The van der Waals surface area contributed by atoms with E-state index in [0.717, 1.165) is 19.6 Å². The lowest BCUT2D eigenvalue weighted by molar-refractivity contribution is 0.554.